The smallest absolute Gasteiger partial charge is 0.249 e. The van der Waals surface area contributed by atoms with Gasteiger partial charge in [-0.05, 0) is 38.5 Å². The van der Waals surface area contributed by atoms with Gasteiger partial charge in [-0.2, -0.15) is 0 Å². The first-order chi connectivity index (χ1) is 38.2. The molecule has 78 heavy (non-hydrogen) atoms. The first-order valence-electron chi connectivity index (χ1n) is 34.1. The van der Waals surface area contributed by atoms with Gasteiger partial charge in [0.2, 0.25) is 5.91 Å². The SMILES string of the molecule is CCCCCCCCCCCC/C=C\CCCCCCCCC(O)C(=O)NC(COC1OC(CO)C(O)C(O)C1O)C(O)C(O)CCCCCCCCCCCCCCCCCCCCCCCCCCCCCCCCC. The third kappa shape index (κ3) is 43.5. The standard InChI is InChI=1S/C67H131NO10/c1-3-5-7-9-11-13-15-17-19-21-23-25-26-27-28-29-30-31-32-33-34-35-37-38-40-42-44-46-48-50-52-54-59(70)62(72)58(57-77-67-65(75)64(74)63(73)61(56-69)78-67)68-66(76)60(71)55-53-51-49-47-45-43-41-39-36-24-22-20-18-16-14-12-10-8-6-4-2/h36,39,58-65,67,69-75H,3-35,37-38,40-57H2,1-2H3,(H,68,76)/b39-36-. The molecule has 1 aliphatic rings. The van der Waals surface area contributed by atoms with Crippen molar-refractivity contribution < 1.29 is 50.0 Å². The molecular formula is C67H131NO10. The number of amides is 1. The maximum Gasteiger partial charge on any atom is 0.249 e. The van der Waals surface area contributed by atoms with Gasteiger partial charge in [0.1, 0.15) is 36.6 Å². The maximum atomic E-state index is 13.2. The van der Waals surface area contributed by atoms with E-state index in [-0.39, 0.29) is 6.42 Å². The number of unbranched alkanes of at least 4 members (excludes halogenated alkanes) is 46. The molecule has 9 atom stereocenters. The fourth-order valence-electron chi connectivity index (χ4n) is 11.3. The second-order valence-corrected chi connectivity index (χ2v) is 24.3. The molecule has 0 aromatic rings. The van der Waals surface area contributed by atoms with Gasteiger partial charge in [-0.3, -0.25) is 4.79 Å². The lowest BCUT2D eigenvalue weighted by Crippen LogP contribution is -2.60. The highest BCUT2D eigenvalue weighted by Crippen LogP contribution is 2.24. The van der Waals surface area contributed by atoms with Gasteiger partial charge in [-0.25, -0.2) is 0 Å². The number of rotatable bonds is 60. The number of hydrogen-bond donors (Lipinski definition) is 8. The zero-order chi connectivity index (χ0) is 56.8. The summed E-state index contributed by atoms with van der Waals surface area (Å²) in [6, 6.07) is -1.17. The third-order valence-corrected chi connectivity index (χ3v) is 16.8. The van der Waals surface area contributed by atoms with Crippen LogP contribution in [0, 0.1) is 0 Å². The Morgan fingerprint density at radius 2 is 0.744 bits per heavy atom. The molecule has 11 nitrogen and oxygen atoms in total. The van der Waals surface area contributed by atoms with Gasteiger partial charge in [0.25, 0.3) is 0 Å². The highest BCUT2D eigenvalue weighted by atomic mass is 16.7. The molecule has 1 amide bonds. The number of ether oxygens (including phenoxy) is 2. The van der Waals surface area contributed by atoms with Crippen molar-refractivity contribution in [2.75, 3.05) is 13.2 Å². The lowest BCUT2D eigenvalue weighted by Gasteiger charge is -2.40. The fourth-order valence-corrected chi connectivity index (χ4v) is 11.3. The van der Waals surface area contributed by atoms with E-state index in [1.807, 2.05) is 0 Å². The molecule has 1 rings (SSSR count). The van der Waals surface area contributed by atoms with Gasteiger partial charge in [0.05, 0.1) is 25.4 Å². The summed E-state index contributed by atoms with van der Waals surface area (Å²) in [7, 11) is 0. The number of aliphatic hydroxyl groups excluding tert-OH is 7. The van der Waals surface area contributed by atoms with Gasteiger partial charge in [0.15, 0.2) is 6.29 Å². The summed E-state index contributed by atoms with van der Waals surface area (Å²) >= 11 is 0. The lowest BCUT2D eigenvalue weighted by molar-refractivity contribution is -0.303. The van der Waals surface area contributed by atoms with Crippen molar-refractivity contribution in [3.63, 3.8) is 0 Å². The molecule has 8 N–H and O–H groups in total. The summed E-state index contributed by atoms with van der Waals surface area (Å²) in [6.45, 7) is 3.51. The molecular weight excluding hydrogens is 979 g/mol. The van der Waals surface area contributed by atoms with E-state index in [9.17, 15) is 40.5 Å². The van der Waals surface area contributed by atoms with Crippen molar-refractivity contribution in [3.8, 4) is 0 Å². The predicted molar refractivity (Wildman–Crippen MR) is 326 cm³/mol. The van der Waals surface area contributed by atoms with Crippen LogP contribution in [0.5, 0.6) is 0 Å². The Balaban J connectivity index is 2.19. The second kappa shape index (κ2) is 56.3. The topological polar surface area (TPSA) is 189 Å². The summed E-state index contributed by atoms with van der Waals surface area (Å²) < 4.78 is 11.2. The van der Waals surface area contributed by atoms with Crippen LogP contribution in [0.25, 0.3) is 0 Å². The Labute approximate surface area is 481 Å². The summed E-state index contributed by atoms with van der Waals surface area (Å²) in [5.74, 6) is -0.695. The zero-order valence-electron chi connectivity index (χ0n) is 51.2. The number of carbonyl (C=O) groups is 1. The first-order valence-corrected chi connectivity index (χ1v) is 34.1. The Hall–Kier alpha value is -1.15. The second-order valence-electron chi connectivity index (χ2n) is 24.3. The number of nitrogens with one attached hydrogen (secondary N) is 1. The van der Waals surface area contributed by atoms with Gasteiger partial charge >= 0.3 is 0 Å². The molecule has 11 heteroatoms. The third-order valence-electron chi connectivity index (χ3n) is 16.8. The summed E-state index contributed by atoms with van der Waals surface area (Å²) in [4.78, 5) is 13.2. The molecule has 0 aromatic heterocycles. The van der Waals surface area contributed by atoms with Gasteiger partial charge in [-0.1, -0.05) is 315 Å². The average Bonchev–Trinajstić information content (AvgIpc) is 3.46. The van der Waals surface area contributed by atoms with E-state index in [1.165, 1.54) is 250 Å². The molecule has 0 spiro atoms. The van der Waals surface area contributed by atoms with Gasteiger partial charge in [0, 0.05) is 0 Å². The molecule has 0 bridgehead atoms. The molecule has 464 valence electrons. The van der Waals surface area contributed by atoms with Crippen LogP contribution in [0.1, 0.15) is 341 Å². The molecule has 0 aromatic carbocycles. The van der Waals surface area contributed by atoms with Crippen molar-refractivity contribution in [1.82, 2.24) is 5.32 Å². The minimum atomic E-state index is -1.66. The number of carbonyl (C=O) groups excluding carboxylic acids is 1. The number of allylic oxidation sites excluding steroid dienone is 2. The van der Waals surface area contributed by atoms with Crippen molar-refractivity contribution >= 4 is 5.91 Å². The van der Waals surface area contributed by atoms with Crippen LogP contribution in [-0.2, 0) is 14.3 Å². The first kappa shape index (κ1) is 74.9. The van der Waals surface area contributed by atoms with E-state index in [0.717, 1.165) is 51.4 Å². The monoisotopic (exact) mass is 1110 g/mol. The lowest BCUT2D eigenvalue weighted by atomic mass is 9.98. The van der Waals surface area contributed by atoms with Crippen molar-refractivity contribution in [2.45, 2.75) is 396 Å². The minimum absolute atomic E-state index is 0.256. The fraction of sp³-hybridized carbons (Fsp3) is 0.955. The molecule has 1 saturated heterocycles. The molecule has 1 fully saturated rings. The van der Waals surface area contributed by atoms with E-state index < -0.39 is 74.2 Å². The van der Waals surface area contributed by atoms with Crippen LogP contribution in [0.3, 0.4) is 0 Å². The van der Waals surface area contributed by atoms with Crippen LogP contribution in [0.2, 0.25) is 0 Å². The Morgan fingerprint density at radius 3 is 1.08 bits per heavy atom. The van der Waals surface area contributed by atoms with Crippen LogP contribution < -0.4 is 5.32 Å². The minimum Gasteiger partial charge on any atom is -0.394 e. The molecule has 1 heterocycles. The van der Waals surface area contributed by atoms with Crippen LogP contribution >= 0.6 is 0 Å². The van der Waals surface area contributed by atoms with Gasteiger partial charge < -0.3 is 50.5 Å². The summed E-state index contributed by atoms with van der Waals surface area (Å²) in [6.07, 6.45) is 57.2. The number of aliphatic hydroxyl groups is 7. The van der Waals surface area contributed by atoms with E-state index in [1.54, 1.807) is 0 Å². The van der Waals surface area contributed by atoms with Crippen LogP contribution in [0.4, 0.5) is 0 Å². The summed E-state index contributed by atoms with van der Waals surface area (Å²) in [5, 5.41) is 76.4. The van der Waals surface area contributed by atoms with E-state index in [0.29, 0.717) is 19.3 Å². The normalized spacial score (nSPS) is 19.4. The van der Waals surface area contributed by atoms with Gasteiger partial charge in [-0.15, -0.1) is 0 Å². The Kier molecular flexibility index (Phi) is 54.1. The largest absolute Gasteiger partial charge is 0.394 e. The highest BCUT2D eigenvalue weighted by Gasteiger charge is 2.44. The van der Waals surface area contributed by atoms with E-state index >= 15 is 0 Å². The Bertz CT molecular complexity index is 1270. The average molecular weight is 1110 g/mol. The molecule has 0 saturated carbocycles. The van der Waals surface area contributed by atoms with Crippen LogP contribution in [0.15, 0.2) is 12.2 Å². The number of hydrogen-bond acceptors (Lipinski definition) is 10. The van der Waals surface area contributed by atoms with Crippen molar-refractivity contribution in [1.29, 1.82) is 0 Å². The Morgan fingerprint density at radius 1 is 0.436 bits per heavy atom. The molecule has 1 aliphatic heterocycles. The molecule has 9 unspecified atom stereocenters. The zero-order valence-corrected chi connectivity index (χ0v) is 51.2. The predicted octanol–water partition coefficient (Wildman–Crippen LogP) is 15.9. The van der Waals surface area contributed by atoms with Crippen molar-refractivity contribution in [2.24, 2.45) is 0 Å². The molecule has 0 radical (unpaired) electrons. The van der Waals surface area contributed by atoms with E-state index in [4.69, 9.17) is 9.47 Å². The van der Waals surface area contributed by atoms with Crippen LogP contribution in [-0.4, -0.2) is 110 Å². The molecule has 0 aliphatic carbocycles. The maximum absolute atomic E-state index is 13.2. The quantitative estimate of drug-likeness (QED) is 0.0215. The highest BCUT2D eigenvalue weighted by molar-refractivity contribution is 5.80. The van der Waals surface area contributed by atoms with E-state index in [2.05, 4.69) is 31.3 Å². The summed E-state index contributed by atoms with van der Waals surface area (Å²) in [5.41, 5.74) is 0. The van der Waals surface area contributed by atoms with Crippen molar-refractivity contribution in [3.05, 3.63) is 12.2 Å².